The quantitative estimate of drug-likeness (QED) is 0.778. The first kappa shape index (κ1) is 12.6. The fourth-order valence-corrected chi connectivity index (χ4v) is 1.77. The maximum atomic E-state index is 11.8. The van der Waals surface area contributed by atoms with Crippen LogP contribution in [0.15, 0.2) is 18.3 Å². The van der Waals surface area contributed by atoms with Crippen LogP contribution < -0.4 is 5.32 Å². The van der Waals surface area contributed by atoms with Gasteiger partial charge in [-0.25, -0.2) is 4.98 Å². The van der Waals surface area contributed by atoms with Gasteiger partial charge >= 0.3 is 0 Å². The third kappa shape index (κ3) is 3.31. The van der Waals surface area contributed by atoms with E-state index < -0.39 is 0 Å². The third-order valence-corrected chi connectivity index (χ3v) is 3.08. The first-order chi connectivity index (χ1) is 8.79. The first-order valence-electron chi connectivity index (χ1n) is 6.13. The molecule has 0 atom stereocenters. The lowest BCUT2D eigenvalue weighted by Crippen LogP contribution is -2.32. The number of carbonyl (C=O) groups is 1. The molecule has 0 aromatic carbocycles. The molecule has 1 aromatic rings. The molecule has 1 aromatic heterocycles. The van der Waals surface area contributed by atoms with E-state index >= 15 is 0 Å². The zero-order chi connectivity index (χ0) is 12.8. The summed E-state index contributed by atoms with van der Waals surface area (Å²) in [6.07, 6.45) is 5.24. The number of aliphatic hydroxyl groups is 1. The molecular weight excluding hydrogens is 228 g/mol. The lowest BCUT2D eigenvalue weighted by Gasteiger charge is -2.25. The van der Waals surface area contributed by atoms with Crippen molar-refractivity contribution in [2.45, 2.75) is 19.3 Å². The number of rotatable bonds is 3. The van der Waals surface area contributed by atoms with Gasteiger partial charge in [0, 0.05) is 18.3 Å². The van der Waals surface area contributed by atoms with Gasteiger partial charge in [-0.3, -0.25) is 4.79 Å². The second kappa shape index (κ2) is 6.18. The van der Waals surface area contributed by atoms with Crippen molar-refractivity contribution in [1.29, 1.82) is 0 Å². The second-order valence-corrected chi connectivity index (χ2v) is 4.40. The van der Waals surface area contributed by atoms with E-state index in [4.69, 9.17) is 5.11 Å². The molecule has 94 valence electrons. The Morgan fingerprint density at radius 3 is 2.89 bits per heavy atom. The molecule has 18 heavy (non-hydrogen) atoms. The van der Waals surface area contributed by atoms with E-state index in [0.717, 1.165) is 6.54 Å². The molecular formula is C14H16N2O2. The average Bonchev–Trinajstić information content (AvgIpc) is 2.35. The number of nitrogens with zero attached hydrogens (tertiary/aromatic N) is 1. The number of aliphatic hydroxyl groups excluding tert-OH is 1. The van der Waals surface area contributed by atoms with Crippen LogP contribution in [0.3, 0.4) is 0 Å². The fraction of sp³-hybridized carbons (Fsp3) is 0.429. The maximum Gasteiger partial charge on any atom is 0.269 e. The predicted octanol–water partition coefficient (Wildman–Crippen LogP) is 0.955. The van der Waals surface area contributed by atoms with Crippen molar-refractivity contribution in [3.8, 4) is 11.8 Å². The number of nitrogens with one attached hydrogen (secondary N) is 1. The third-order valence-electron chi connectivity index (χ3n) is 3.08. The van der Waals surface area contributed by atoms with Crippen molar-refractivity contribution in [1.82, 2.24) is 10.3 Å². The van der Waals surface area contributed by atoms with Gasteiger partial charge in [-0.1, -0.05) is 18.3 Å². The number of pyridine rings is 1. The SMILES string of the molecule is O=C(NCC1CCC1)c1ccc(C#CCO)cn1. The van der Waals surface area contributed by atoms with Crippen LogP contribution in [0.2, 0.25) is 0 Å². The summed E-state index contributed by atoms with van der Waals surface area (Å²) in [5, 5.41) is 11.4. The number of hydrogen-bond donors (Lipinski definition) is 2. The van der Waals surface area contributed by atoms with Crippen molar-refractivity contribution in [2.24, 2.45) is 5.92 Å². The summed E-state index contributed by atoms with van der Waals surface area (Å²) >= 11 is 0. The summed E-state index contributed by atoms with van der Waals surface area (Å²) < 4.78 is 0. The van der Waals surface area contributed by atoms with Gasteiger partial charge in [0.2, 0.25) is 0 Å². The van der Waals surface area contributed by atoms with E-state index in [9.17, 15) is 4.79 Å². The van der Waals surface area contributed by atoms with Crippen LogP contribution in [0, 0.1) is 17.8 Å². The molecule has 1 aliphatic rings. The number of aromatic nitrogens is 1. The Kier molecular flexibility index (Phi) is 4.32. The summed E-state index contributed by atoms with van der Waals surface area (Å²) in [5.41, 5.74) is 1.10. The molecule has 2 rings (SSSR count). The van der Waals surface area contributed by atoms with E-state index in [0.29, 0.717) is 17.2 Å². The van der Waals surface area contributed by atoms with Crippen LogP contribution in [-0.4, -0.2) is 29.1 Å². The molecule has 0 bridgehead atoms. The predicted molar refractivity (Wildman–Crippen MR) is 67.9 cm³/mol. The standard InChI is InChI=1S/C14H16N2O2/c17-8-2-5-12-6-7-13(15-9-12)14(18)16-10-11-3-1-4-11/h6-7,9,11,17H,1,3-4,8,10H2,(H,16,18). The molecule has 4 nitrogen and oxygen atoms in total. The Labute approximate surface area is 106 Å². The molecule has 0 aliphatic heterocycles. The van der Waals surface area contributed by atoms with Crippen LogP contribution in [0.25, 0.3) is 0 Å². The van der Waals surface area contributed by atoms with Crippen molar-refractivity contribution in [3.63, 3.8) is 0 Å². The zero-order valence-electron chi connectivity index (χ0n) is 10.1. The molecule has 0 saturated heterocycles. The highest BCUT2D eigenvalue weighted by molar-refractivity contribution is 5.92. The monoisotopic (exact) mass is 244 g/mol. The van der Waals surface area contributed by atoms with Gasteiger partial charge in [-0.05, 0) is 30.9 Å². The van der Waals surface area contributed by atoms with E-state index in [2.05, 4.69) is 22.1 Å². The summed E-state index contributed by atoms with van der Waals surface area (Å²) in [6.45, 7) is 0.566. The first-order valence-corrected chi connectivity index (χ1v) is 6.13. The van der Waals surface area contributed by atoms with Gasteiger partial charge in [0.25, 0.3) is 5.91 Å². The maximum absolute atomic E-state index is 11.8. The van der Waals surface area contributed by atoms with Crippen LogP contribution in [-0.2, 0) is 0 Å². The Morgan fingerprint density at radius 1 is 1.50 bits per heavy atom. The van der Waals surface area contributed by atoms with Crippen LogP contribution in [0.4, 0.5) is 0 Å². The molecule has 1 amide bonds. The van der Waals surface area contributed by atoms with Crippen molar-refractivity contribution >= 4 is 5.91 Å². The highest BCUT2D eigenvalue weighted by Gasteiger charge is 2.18. The summed E-state index contributed by atoms with van der Waals surface area (Å²) in [6, 6.07) is 3.38. The molecule has 0 unspecified atom stereocenters. The molecule has 0 spiro atoms. The van der Waals surface area contributed by atoms with E-state index in [-0.39, 0.29) is 12.5 Å². The molecule has 0 radical (unpaired) electrons. The number of carbonyl (C=O) groups excluding carboxylic acids is 1. The number of hydrogen-bond acceptors (Lipinski definition) is 3. The topological polar surface area (TPSA) is 62.2 Å². The van der Waals surface area contributed by atoms with Crippen molar-refractivity contribution in [2.75, 3.05) is 13.2 Å². The van der Waals surface area contributed by atoms with Crippen LogP contribution >= 0.6 is 0 Å². The Balaban J connectivity index is 1.89. The largest absolute Gasteiger partial charge is 0.384 e. The second-order valence-electron chi connectivity index (χ2n) is 4.40. The Morgan fingerprint density at radius 2 is 2.33 bits per heavy atom. The van der Waals surface area contributed by atoms with Gasteiger partial charge in [-0.2, -0.15) is 0 Å². The lowest BCUT2D eigenvalue weighted by molar-refractivity contribution is 0.0934. The van der Waals surface area contributed by atoms with Gasteiger partial charge in [0.1, 0.15) is 12.3 Å². The van der Waals surface area contributed by atoms with Gasteiger partial charge in [0.05, 0.1) is 0 Å². The average molecular weight is 244 g/mol. The van der Waals surface area contributed by atoms with Gasteiger partial charge in [-0.15, -0.1) is 0 Å². The molecule has 1 saturated carbocycles. The lowest BCUT2D eigenvalue weighted by atomic mass is 9.85. The minimum Gasteiger partial charge on any atom is -0.384 e. The van der Waals surface area contributed by atoms with Crippen LogP contribution in [0.5, 0.6) is 0 Å². The van der Waals surface area contributed by atoms with Crippen molar-refractivity contribution in [3.05, 3.63) is 29.6 Å². The molecule has 1 aliphatic carbocycles. The Hall–Kier alpha value is -1.86. The smallest absolute Gasteiger partial charge is 0.269 e. The summed E-state index contributed by atoms with van der Waals surface area (Å²) in [5.74, 6) is 5.77. The van der Waals surface area contributed by atoms with Gasteiger partial charge in [0.15, 0.2) is 0 Å². The molecule has 2 N–H and O–H groups in total. The fourth-order valence-electron chi connectivity index (χ4n) is 1.77. The highest BCUT2D eigenvalue weighted by atomic mass is 16.2. The minimum atomic E-state index is -0.177. The Bertz CT molecular complexity index is 467. The van der Waals surface area contributed by atoms with Crippen LogP contribution in [0.1, 0.15) is 35.3 Å². The molecule has 1 heterocycles. The number of amides is 1. The van der Waals surface area contributed by atoms with E-state index in [1.165, 1.54) is 19.3 Å². The van der Waals surface area contributed by atoms with E-state index in [1.54, 1.807) is 18.3 Å². The minimum absolute atomic E-state index is 0.136. The highest BCUT2D eigenvalue weighted by Crippen LogP contribution is 2.25. The van der Waals surface area contributed by atoms with Gasteiger partial charge < -0.3 is 10.4 Å². The van der Waals surface area contributed by atoms with Crippen molar-refractivity contribution < 1.29 is 9.90 Å². The molecule has 4 heteroatoms. The van der Waals surface area contributed by atoms with E-state index in [1.807, 2.05) is 0 Å². The molecule has 1 fully saturated rings. The summed E-state index contributed by atoms with van der Waals surface area (Å²) in [4.78, 5) is 15.8. The summed E-state index contributed by atoms with van der Waals surface area (Å²) in [7, 11) is 0. The zero-order valence-corrected chi connectivity index (χ0v) is 10.1. The normalized spacial score (nSPS) is 14.3.